The molecule has 0 saturated heterocycles. The number of unbranched alkanes of at least 4 members (excludes halogenated alkanes) is 6. The standard InChI is InChI=1S/C17H26N2O/c1-3-4-5-6-7-8-9-12-19-16-11-10-15(14-18)13-17(16)20-2/h10-11,13,19H,3-9,12H2,1-2H3. The Kier molecular flexibility index (Phi) is 8.30. The lowest BCUT2D eigenvalue weighted by Crippen LogP contribution is -2.03. The fraction of sp³-hybridized carbons (Fsp3) is 0.588. The van der Waals surface area contributed by atoms with Gasteiger partial charge in [-0.25, -0.2) is 0 Å². The van der Waals surface area contributed by atoms with Crippen LogP contribution in [0.3, 0.4) is 0 Å². The number of rotatable bonds is 10. The second kappa shape index (κ2) is 10.1. The molecule has 110 valence electrons. The lowest BCUT2D eigenvalue weighted by Gasteiger charge is -2.11. The fourth-order valence-corrected chi connectivity index (χ4v) is 2.21. The Labute approximate surface area is 123 Å². The minimum absolute atomic E-state index is 0.628. The Morgan fingerprint density at radius 1 is 1.10 bits per heavy atom. The molecule has 1 aromatic rings. The maximum Gasteiger partial charge on any atom is 0.143 e. The number of nitrogens with one attached hydrogen (secondary N) is 1. The highest BCUT2D eigenvalue weighted by atomic mass is 16.5. The molecule has 0 saturated carbocycles. The largest absolute Gasteiger partial charge is 0.495 e. The van der Waals surface area contributed by atoms with E-state index < -0.39 is 0 Å². The molecule has 1 N–H and O–H groups in total. The smallest absolute Gasteiger partial charge is 0.143 e. The first-order valence-electron chi connectivity index (χ1n) is 7.63. The van der Waals surface area contributed by atoms with Crippen molar-refractivity contribution in [3.63, 3.8) is 0 Å². The third-order valence-electron chi connectivity index (χ3n) is 3.43. The zero-order chi connectivity index (χ0) is 14.6. The highest BCUT2D eigenvalue weighted by Crippen LogP contribution is 2.25. The lowest BCUT2D eigenvalue weighted by atomic mass is 10.1. The van der Waals surface area contributed by atoms with E-state index in [4.69, 9.17) is 10.00 Å². The number of nitrogens with zero attached hydrogens (tertiary/aromatic N) is 1. The molecular formula is C17H26N2O. The first-order valence-corrected chi connectivity index (χ1v) is 7.63. The van der Waals surface area contributed by atoms with Crippen molar-refractivity contribution < 1.29 is 4.74 Å². The monoisotopic (exact) mass is 274 g/mol. The van der Waals surface area contributed by atoms with Gasteiger partial charge in [0.2, 0.25) is 0 Å². The van der Waals surface area contributed by atoms with Crippen LogP contribution in [0.2, 0.25) is 0 Å². The van der Waals surface area contributed by atoms with Gasteiger partial charge in [-0.05, 0) is 18.6 Å². The van der Waals surface area contributed by atoms with E-state index >= 15 is 0 Å². The van der Waals surface area contributed by atoms with Crippen LogP contribution in [0.25, 0.3) is 0 Å². The van der Waals surface area contributed by atoms with Gasteiger partial charge in [-0.2, -0.15) is 5.26 Å². The molecule has 20 heavy (non-hydrogen) atoms. The second-order valence-electron chi connectivity index (χ2n) is 5.07. The van der Waals surface area contributed by atoms with Crippen molar-refractivity contribution >= 4 is 5.69 Å². The Balaban J connectivity index is 2.23. The minimum Gasteiger partial charge on any atom is -0.495 e. The van der Waals surface area contributed by atoms with Crippen LogP contribution in [0.5, 0.6) is 5.75 Å². The topological polar surface area (TPSA) is 45.0 Å². The molecule has 0 aromatic heterocycles. The Morgan fingerprint density at radius 2 is 1.80 bits per heavy atom. The molecule has 1 aromatic carbocycles. The Bertz CT molecular complexity index is 423. The van der Waals surface area contributed by atoms with Gasteiger partial charge < -0.3 is 10.1 Å². The van der Waals surface area contributed by atoms with Crippen molar-refractivity contribution in [1.29, 1.82) is 5.26 Å². The van der Waals surface area contributed by atoms with Crippen molar-refractivity contribution in [1.82, 2.24) is 0 Å². The number of hydrogen-bond acceptors (Lipinski definition) is 3. The van der Waals surface area contributed by atoms with E-state index in [1.54, 1.807) is 13.2 Å². The SMILES string of the molecule is CCCCCCCCCNc1ccc(C#N)cc1OC. The Morgan fingerprint density at radius 3 is 2.45 bits per heavy atom. The van der Waals surface area contributed by atoms with Gasteiger partial charge in [-0.3, -0.25) is 0 Å². The van der Waals surface area contributed by atoms with E-state index in [1.807, 2.05) is 12.1 Å². The van der Waals surface area contributed by atoms with E-state index in [9.17, 15) is 0 Å². The maximum absolute atomic E-state index is 8.86. The first kappa shape index (κ1) is 16.4. The van der Waals surface area contributed by atoms with Crippen molar-refractivity contribution in [2.45, 2.75) is 51.9 Å². The van der Waals surface area contributed by atoms with Gasteiger partial charge in [0.05, 0.1) is 24.4 Å². The predicted octanol–water partition coefficient (Wildman–Crippen LogP) is 4.73. The molecule has 0 aliphatic heterocycles. The summed E-state index contributed by atoms with van der Waals surface area (Å²) in [5, 5.41) is 12.2. The van der Waals surface area contributed by atoms with E-state index in [0.717, 1.165) is 18.0 Å². The molecular weight excluding hydrogens is 248 g/mol. The number of methoxy groups -OCH3 is 1. The fourth-order valence-electron chi connectivity index (χ4n) is 2.21. The van der Waals surface area contributed by atoms with Crippen LogP contribution in [0.15, 0.2) is 18.2 Å². The number of hydrogen-bond donors (Lipinski definition) is 1. The molecule has 0 unspecified atom stereocenters. The lowest BCUT2D eigenvalue weighted by molar-refractivity contribution is 0.416. The highest BCUT2D eigenvalue weighted by molar-refractivity contribution is 5.59. The maximum atomic E-state index is 8.86. The van der Waals surface area contributed by atoms with Crippen molar-refractivity contribution in [2.75, 3.05) is 19.0 Å². The first-order chi connectivity index (χ1) is 9.81. The zero-order valence-electron chi connectivity index (χ0n) is 12.7. The number of benzene rings is 1. The van der Waals surface area contributed by atoms with Crippen molar-refractivity contribution in [3.8, 4) is 11.8 Å². The molecule has 0 bridgehead atoms. The van der Waals surface area contributed by atoms with Gasteiger partial charge in [0, 0.05) is 12.6 Å². The third-order valence-corrected chi connectivity index (χ3v) is 3.43. The summed E-state index contributed by atoms with van der Waals surface area (Å²) >= 11 is 0. The van der Waals surface area contributed by atoms with Gasteiger partial charge in [0.1, 0.15) is 5.75 Å². The van der Waals surface area contributed by atoms with Gasteiger partial charge >= 0.3 is 0 Å². The summed E-state index contributed by atoms with van der Waals surface area (Å²) in [6.45, 7) is 3.20. The van der Waals surface area contributed by atoms with Crippen LogP contribution < -0.4 is 10.1 Å². The molecule has 0 amide bonds. The second-order valence-corrected chi connectivity index (χ2v) is 5.07. The molecule has 0 aliphatic carbocycles. The molecule has 0 fully saturated rings. The average Bonchev–Trinajstić information content (AvgIpc) is 2.50. The van der Waals surface area contributed by atoms with E-state index in [0.29, 0.717) is 5.56 Å². The summed E-state index contributed by atoms with van der Waals surface area (Å²) in [6, 6.07) is 7.62. The molecule has 3 nitrogen and oxygen atoms in total. The van der Waals surface area contributed by atoms with E-state index in [2.05, 4.69) is 18.3 Å². The molecule has 0 radical (unpaired) electrons. The van der Waals surface area contributed by atoms with Crippen molar-refractivity contribution in [2.24, 2.45) is 0 Å². The molecule has 1 rings (SSSR count). The van der Waals surface area contributed by atoms with Crippen LogP contribution in [-0.2, 0) is 0 Å². The Hall–Kier alpha value is -1.69. The summed E-state index contributed by atoms with van der Waals surface area (Å²) in [6.07, 6.45) is 9.17. The summed E-state index contributed by atoms with van der Waals surface area (Å²) < 4.78 is 5.30. The van der Waals surface area contributed by atoms with E-state index in [1.165, 1.54) is 44.9 Å². The van der Waals surface area contributed by atoms with Gasteiger partial charge in [-0.1, -0.05) is 45.4 Å². The number of ether oxygens (including phenoxy) is 1. The van der Waals surface area contributed by atoms with Crippen LogP contribution in [0, 0.1) is 11.3 Å². The molecule has 3 heteroatoms. The average molecular weight is 274 g/mol. The van der Waals surface area contributed by atoms with Gasteiger partial charge in [0.15, 0.2) is 0 Å². The van der Waals surface area contributed by atoms with Crippen LogP contribution in [0.4, 0.5) is 5.69 Å². The van der Waals surface area contributed by atoms with Crippen LogP contribution in [0.1, 0.15) is 57.4 Å². The molecule has 0 heterocycles. The minimum atomic E-state index is 0.628. The quantitative estimate of drug-likeness (QED) is 0.627. The summed E-state index contributed by atoms with van der Waals surface area (Å²) in [7, 11) is 1.63. The highest BCUT2D eigenvalue weighted by Gasteiger charge is 2.03. The van der Waals surface area contributed by atoms with Gasteiger partial charge in [0.25, 0.3) is 0 Å². The van der Waals surface area contributed by atoms with Crippen LogP contribution in [-0.4, -0.2) is 13.7 Å². The molecule has 0 aliphatic rings. The van der Waals surface area contributed by atoms with Crippen LogP contribution >= 0.6 is 0 Å². The van der Waals surface area contributed by atoms with E-state index in [-0.39, 0.29) is 0 Å². The zero-order valence-corrected chi connectivity index (χ0v) is 12.7. The van der Waals surface area contributed by atoms with Crippen molar-refractivity contribution in [3.05, 3.63) is 23.8 Å². The normalized spacial score (nSPS) is 10.1. The predicted molar refractivity (Wildman–Crippen MR) is 84.2 cm³/mol. The number of anilines is 1. The summed E-state index contributed by atoms with van der Waals surface area (Å²) in [4.78, 5) is 0. The summed E-state index contributed by atoms with van der Waals surface area (Å²) in [5.74, 6) is 0.743. The third kappa shape index (κ3) is 5.97. The number of nitriles is 1. The summed E-state index contributed by atoms with van der Waals surface area (Å²) in [5.41, 5.74) is 1.60. The molecule has 0 atom stereocenters. The van der Waals surface area contributed by atoms with Gasteiger partial charge in [-0.15, -0.1) is 0 Å². The molecule has 0 spiro atoms.